The van der Waals surface area contributed by atoms with Gasteiger partial charge in [0.15, 0.2) is 5.79 Å². The molecule has 1 heterocycles. The van der Waals surface area contributed by atoms with Gasteiger partial charge in [0.2, 0.25) is 0 Å². The molecule has 1 aliphatic heterocycles. The van der Waals surface area contributed by atoms with Crippen molar-refractivity contribution in [3.8, 4) is 5.75 Å². The van der Waals surface area contributed by atoms with Gasteiger partial charge in [-0.15, -0.1) is 0 Å². The number of ether oxygens (including phenoxy) is 3. The van der Waals surface area contributed by atoms with Crippen molar-refractivity contribution in [2.75, 3.05) is 20.3 Å². The van der Waals surface area contributed by atoms with Gasteiger partial charge >= 0.3 is 0 Å². The molecule has 31 heavy (non-hydrogen) atoms. The van der Waals surface area contributed by atoms with Crippen molar-refractivity contribution in [2.45, 2.75) is 61.7 Å². The van der Waals surface area contributed by atoms with Gasteiger partial charge in [0, 0.05) is 22.6 Å². The Bertz CT molecular complexity index is 873. The largest absolute Gasteiger partial charge is 0.497 e. The summed E-state index contributed by atoms with van der Waals surface area (Å²) in [6.45, 7) is 3.40. The van der Waals surface area contributed by atoms with Crippen molar-refractivity contribution >= 4 is 11.8 Å². The van der Waals surface area contributed by atoms with E-state index in [2.05, 4.69) is 49.4 Å². The van der Waals surface area contributed by atoms with E-state index in [9.17, 15) is 5.11 Å². The number of hydrogen-bond acceptors (Lipinski definition) is 5. The third-order valence-corrected chi connectivity index (χ3v) is 7.56. The minimum atomic E-state index is -0.837. The number of aliphatic hydroxyl groups is 1. The summed E-state index contributed by atoms with van der Waals surface area (Å²) in [6, 6.07) is 16.7. The molecule has 2 aliphatic rings. The third-order valence-electron chi connectivity index (χ3n) is 6.28. The van der Waals surface area contributed by atoms with Gasteiger partial charge in [-0.05, 0) is 62.4 Å². The summed E-state index contributed by atoms with van der Waals surface area (Å²) in [5, 5.41) is 11.6. The summed E-state index contributed by atoms with van der Waals surface area (Å²) in [4.78, 5) is 2.20. The normalized spacial score (nSPS) is 20.2. The zero-order chi connectivity index (χ0) is 21.7. The fraction of sp³-hybridized carbons (Fsp3) is 0.462. The van der Waals surface area contributed by atoms with Crippen molar-refractivity contribution in [1.82, 2.24) is 0 Å². The summed E-state index contributed by atoms with van der Waals surface area (Å²) < 4.78 is 17.0. The Hall–Kier alpha value is -1.79. The molecule has 0 aromatic heterocycles. The van der Waals surface area contributed by atoms with E-state index in [1.54, 1.807) is 18.9 Å². The number of allylic oxidation sites excluding steroid dienone is 1. The van der Waals surface area contributed by atoms with Crippen LogP contribution in [0.4, 0.5) is 0 Å². The Balaban J connectivity index is 1.48. The minimum Gasteiger partial charge on any atom is -0.497 e. The van der Waals surface area contributed by atoms with Crippen LogP contribution in [-0.2, 0) is 15.9 Å². The molecule has 1 N–H and O–H groups in total. The topological polar surface area (TPSA) is 47.9 Å². The van der Waals surface area contributed by atoms with Crippen molar-refractivity contribution in [1.29, 1.82) is 0 Å². The van der Waals surface area contributed by atoms with E-state index in [0.717, 1.165) is 41.2 Å². The smallest absolute Gasteiger partial charge is 0.168 e. The molecule has 0 atom stereocenters. The molecule has 0 amide bonds. The van der Waals surface area contributed by atoms with E-state index >= 15 is 0 Å². The average Bonchev–Trinajstić information content (AvgIpc) is 3.26. The van der Waals surface area contributed by atoms with E-state index in [0.29, 0.717) is 26.1 Å². The van der Waals surface area contributed by atoms with Gasteiger partial charge in [0.1, 0.15) is 5.75 Å². The second-order valence-corrected chi connectivity index (χ2v) is 9.62. The molecule has 2 aromatic rings. The lowest BCUT2D eigenvalue weighted by atomic mass is 9.80. The quantitative estimate of drug-likeness (QED) is 0.563. The third kappa shape index (κ3) is 5.53. The van der Waals surface area contributed by atoms with Gasteiger partial charge < -0.3 is 19.3 Å². The molecular weight excluding hydrogens is 408 g/mol. The second kappa shape index (κ2) is 9.78. The molecular formula is C26H32O4S. The summed E-state index contributed by atoms with van der Waals surface area (Å²) in [6.07, 6.45) is 6.79. The highest BCUT2D eigenvalue weighted by atomic mass is 32.2. The predicted molar refractivity (Wildman–Crippen MR) is 124 cm³/mol. The van der Waals surface area contributed by atoms with Gasteiger partial charge in [-0.25, -0.2) is 0 Å². The number of benzene rings is 2. The average molecular weight is 441 g/mol. The Labute approximate surface area is 189 Å². The number of hydrogen-bond donors (Lipinski definition) is 1. The van der Waals surface area contributed by atoms with Crippen LogP contribution in [0.3, 0.4) is 0 Å². The molecule has 4 nitrogen and oxygen atoms in total. The van der Waals surface area contributed by atoms with Crippen molar-refractivity contribution in [3.05, 3.63) is 70.6 Å². The van der Waals surface area contributed by atoms with Crippen LogP contribution in [0.1, 0.15) is 43.2 Å². The maximum Gasteiger partial charge on any atom is 0.168 e. The molecule has 4 rings (SSSR count). The Morgan fingerprint density at radius 2 is 1.65 bits per heavy atom. The van der Waals surface area contributed by atoms with Crippen molar-refractivity contribution in [3.63, 3.8) is 0 Å². The van der Waals surface area contributed by atoms with Crippen LogP contribution >= 0.6 is 11.8 Å². The summed E-state index contributed by atoms with van der Waals surface area (Å²) in [7, 11) is 1.68. The van der Waals surface area contributed by atoms with E-state index in [1.807, 2.05) is 12.1 Å². The molecule has 1 saturated carbocycles. The summed E-state index contributed by atoms with van der Waals surface area (Å²) in [5.41, 5.74) is 1.66. The van der Waals surface area contributed by atoms with E-state index in [4.69, 9.17) is 14.2 Å². The monoisotopic (exact) mass is 440 g/mol. The lowest BCUT2D eigenvalue weighted by Crippen LogP contribution is -2.44. The van der Waals surface area contributed by atoms with Crippen LogP contribution in [0.2, 0.25) is 0 Å². The highest BCUT2D eigenvalue weighted by Gasteiger charge is 2.47. The standard InChI is InChI=1S/C26H32O4S/c1-20-6-12-23(13-7-20)31-24(5-3-4-21-8-10-22(28-2)11-9-21)25(27)14-16-26(17-15-25)29-18-19-30-26/h5-13,27H,3-4,14-19H2,1-2H3/b24-5-. The number of rotatable bonds is 7. The van der Waals surface area contributed by atoms with Gasteiger partial charge in [0.25, 0.3) is 0 Å². The Morgan fingerprint density at radius 1 is 1.00 bits per heavy atom. The maximum absolute atomic E-state index is 11.6. The predicted octanol–water partition coefficient (Wildman–Crippen LogP) is 5.66. The Morgan fingerprint density at radius 3 is 2.26 bits per heavy atom. The molecule has 1 saturated heterocycles. The number of thioether (sulfide) groups is 1. The lowest BCUT2D eigenvalue weighted by molar-refractivity contribution is -0.196. The van der Waals surface area contributed by atoms with Crippen LogP contribution in [0.15, 0.2) is 64.4 Å². The molecule has 166 valence electrons. The van der Waals surface area contributed by atoms with Crippen molar-refractivity contribution < 1.29 is 19.3 Å². The first-order valence-corrected chi connectivity index (χ1v) is 11.9. The molecule has 1 aliphatic carbocycles. The first kappa shape index (κ1) is 22.4. The lowest BCUT2D eigenvalue weighted by Gasteiger charge is -2.41. The van der Waals surface area contributed by atoms with Crippen molar-refractivity contribution in [2.24, 2.45) is 0 Å². The highest BCUT2D eigenvalue weighted by molar-refractivity contribution is 8.03. The van der Waals surface area contributed by atoms with Crippen LogP contribution in [0.25, 0.3) is 0 Å². The first-order valence-electron chi connectivity index (χ1n) is 11.1. The molecule has 2 aromatic carbocycles. The van der Waals surface area contributed by atoms with Gasteiger partial charge in [-0.3, -0.25) is 0 Å². The first-order chi connectivity index (χ1) is 15.0. The molecule has 0 bridgehead atoms. The van der Waals surface area contributed by atoms with Gasteiger partial charge in [0.05, 0.1) is 25.9 Å². The van der Waals surface area contributed by atoms with Crippen LogP contribution < -0.4 is 4.74 Å². The molecule has 1 spiro atoms. The van der Waals surface area contributed by atoms with Crippen LogP contribution in [0.5, 0.6) is 5.75 Å². The van der Waals surface area contributed by atoms with Crippen LogP contribution in [-0.4, -0.2) is 36.8 Å². The zero-order valence-corrected chi connectivity index (χ0v) is 19.2. The Kier molecular flexibility index (Phi) is 7.07. The summed E-state index contributed by atoms with van der Waals surface area (Å²) in [5.74, 6) is 0.395. The zero-order valence-electron chi connectivity index (χ0n) is 18.4. The number of aryl methyl sites for hydroxylation is 2. The number of methoxy groups -OCH3 is 1. The second-order valence-electron chi connectivity index (χ2n) is 8.51. The fourth-order valence-corrected chi connectivity index (χ4v) is 5.42. The summed E-state index contributed by atoms with van der Waals surface area (Å²) >= 11 is 1.68. The van der Waals surface area contributed by atoms with E-state index in [-0.39, 0.29) is 0 Å². The SMILES string of the molecule is COc1ccc(CC/C=C(\Sc2ccc(C)cc2)C2(O)CCC3(CC2)OCCO3)cc1. The van der Waals surface area contributed by atoms with Crippen LogP contribution in [0, 0.1) is 6.92 Å². The van der Waals surface area contributed by atoms with Gasteiger partial charge in [-0.1, -0.05) is 47.7 Å². The molecule has 5 heteroatoms. The van der Waals surface area contributed by atoms with Gasteiger partial charge in [-0.2, -0.15) is 0 Å². The highest BCUT2D eigenvalue weighted by Crippen LogP contribution is 2.47. The molecule has 0 unspecified atom stereocenters. The molecule has 2 fully saturated rings. The van der Waals surface area contributed by atoms with E-state index in [1.165, 1.54) is 11.1 Å². The molecule has 0 radical (unpaired) electrons. The fourth-order valence-electron chi connectivity index (χ4n) is 4.30. The minimum absolute atomic E-state index is 0.477. The maximum atomic E-state index is 11.6. The van der Waals surface area contributed by atoms with E-state index < -0.39 is 11.4 Å².